The van der Waals surface area contributed by atoms with Gasteiger partial charge in [-0.3, -0.25) is 9.69 Å². The highest BCUT2D eigenvalue weighted by atomic mass is 16.5. The van der Waals surface area contributed by atoms with Crippen molar-refractivity contribution in [3.8, 4) is 0 Å². The van der Waals surface area contributed by atoms with Gasteiger partial charge in [-0.15, -0.1) is 0 Å². The first kappa shape index (κ1) is 16.3. The summed E-state index contributed by atoms with van der Waals surface area (Å²) in [6.45, 7) is 4.13. The highest BCUT2D eigenvalue weighted by Crippen LogP contribution is 2.19. The van der Waals surface area contributed by atoms with Crippen LogP contribution in [0.5, 0.6) is 0 Å². The number of rotatable bonds is 8. The Morgan fingerprint density at radius 2 is 2.09 bits per heavy atom. The molecule has 6 nitrogen and oxygen atoms in total. The van der Waals surface area contributed by atoms with E-state index in [2.05, 4.69) is 17.6 Å². The van der Waals surface area contributed by atoms with Gasteiger partial charge in [0.05, 0.1) is 0 Å². The van der Waals surface area contributed by atoms with Gasteiger partial charge in [0.1, 0.15) is 6.61 Å². The van der Waals surface area contributed by atoms with Crippen LogP contribution in [-0.4, -0.2) is 38.2 Å². The molecule has 0 aliphatic carbocycles. The summed E-state index contributed by atoms with van der Waals surface area (Å²) in [5, 5.41) is 5.53. The Morgan fingerprint density at radius 3 is 2.73 bits per heavy atom. The molecule has 1 fully saturated rings. The quantitative estimate of drug-likeness (QED) is 0.724. The third-order valence-corrected chi connectivity index (χ3v) is 3.44. The van der Waals surface area contributed by atoms with Crippen molar-refractivity contribution < 1.29 is 14.3 Å². The van der Waals surface area contributed by atoms with Crippen molar-refractivity contribution in [1.29, 1.82) is 0 Å². The molecular weight excluding hydrogens is 282 g/mol. The van der Waals surface area contributed by atoms with Gasteiger partial charge in [0.2, 0.25) is 5.91 Å². The summed E-state index contributed by atoms with van der Waals surface area (Å²) in [6.07, 6.45) is 3.24. The number of carbonyl (C=O) groups excluding carboxylic acids is 2. The minimum absolute atomic E-state index is 0.0694. The Hall–Kier alpha value is -2.08. The standard InChI is InChI=1S/C16H23N3O3/c1-2-3-4-11-22-12-15(20)18-13-5-7-14(8-6-13)19-10-9-17-16(19)21/h5-8H,2-4,9-12H2,1H3,(H,17,21)(H,18,20). The normalized spacial score (nSPS) is 14.0. The first-order valence-corrected chi connectivity index (χ1v) is 7.73. The van der Waals surface area contributed by atoms with E-state index in [-0.39, 0.29) is 18.5 Å². The van der Waals surface area contributed by atoms with Gasteiger partial charge in [0.25, 0.3) is 0 Å². The Morgan fingerprint density at radius 1 is 1.32 bits per heavy atom. The van der Waals surface area contributed by atoms with Gasteiger partial charge in [-0.25, -0.2) is 4.79 Å². The lowest BCUT2D eigenvalue weighted by molar-refractivity contribution is -0.120. The topological polar surface area (TPSA) is 70.7 Å². The molecule has 1 aliphatic heterocycles. The molecule has 2 N–H and O–H groups in total. The Balaban J connectivity index is 1.76. The molecule has 1 saturated heterocycles. The number of nitrogens with zero attached hydrogens (tertiary/aromatic N) is 1. The van der Waals surface area contributed by atoms with Gasteiger partial charge in [-0.2, -0.15) is 0 Å². The van der Waals surface area contributed by atoms with E-state index in [1.165, 1.54) is 0 Å². The number of nitrogens with one attached hydrogen (secondary N) is 2. The highest BCUT2D eigenvalue weighted by Gasteiger charge is 2.20. The molecule has 0 aromatic heterocycles. The van der Waals surface area contributed by atoms with Crippen molar-refractivity contribution in [3.63, 3.8) is 0 Å². The zero-order valence-electron chi connectivity index (χ0n) is 12.9. The van der Waals surface area contributed by atoms with E-state index >= 15 is 0 Å². The molecule has 0 saturated carbocycles. The Bertz CT molecular complexity index is 502. The number of amides is 3. The van der Waals surface area contributed by atoms with E-state index in [4.69, 9.17) is 4.74 Å². The number of hydrogen-bond donors (Lipinski definition) is 2. The van der Waals surface area contributed by atoms with Crippen LogP contribution in [0.4, 0.5) is 16.2 Å². The van der Waals surface area contributed by atoms with Crippen LogP contribution < -0.4 is 15.5 Å². The van der Waals surface area contributed by atoms with Crippen LogP contribution in [0.2, 0.25) is 0 Å². The number of ether oxygens (including phenoxy) is 1. The molecule has 0 unspecified atom stereocenters. The maximum absolute atomic E-state index is 11.7. The van der Waals surface area contributed by atoms with Gasteiger partial charge >= 0.3 is 6.03 Å². The Labute approximate surface area is 130 Å². The third-order valence-electron chi connectivity index (χ3n) is 3.44. The fraction of sp³-hybridized carbons (Fsp3) is 0.500. The van der Waals surface area contributed by atoms with Crippen LogP contribution in [0, 0.1) is 0 Å². The van der Waals surface area contributed by atoms with Gasteiger partial charge < -0.3 is 15.4 Å². The smallest absolute Gasteiger partial charge is 0.321 e. The summed E-state index contributed by atoms with van der Waals surface area (Å²) >= 11 is 0. The van der Waals surface area contributed by atoms with Crippen LogP contribution in [-0.2, 0) is 9.53 Å². The van der Waals surface area contributed by atoms with Crippen molar-refractivity contribution in [2.24, 2.45) is 0 Å². The minimum atomic E-state index is -0.164. The van der Waals surface area contributed by atoms with Crippen LogP contribution >= 0.6 is 0 Å². The summed E-state index contributed by atoms with van der Waals surface area (Å²) < 4.78 is 5.32. The van der Waals surface area contributed by atoms with Crippen molar-refractivity contribution in [2.45, 2.75) is 26.2 Å². The molecule has 22 heavy (non-hydrogen) atoms. The van der Waals surface area contributed by atoms with E-state index in [0.717, 1.165) is 24.9 Å². The second kappa shape index (κ2) is 8.38. The minimum Gasteiger partial charge on any atom is -0.372 e. The number of carbonyl (C=O) groups is 2. The molecule has 1 aromatic rings. The number of benzene rings is 1. The predicted molar refractivity (Wildman–Crippen MR) is 86.2 cm³/mol. The number of anilines is 2. The van der Waals surface area contributed by atoms with Crippen molar-refractivity contribution in [3.05, 3.63) is 24.3 Å². The van der Waals surface area contributed by atoms with Gasteiger partial charge in [0.15, 0.2) is 0 Å². The average Bonchev–Trinajstić information content (AvgIpc) is 2.94. The van der Waals surface area contributed by atoms with Gasteiger partial charge in [-0.05, 0) is 30.7 Å². The van der Waals surface area contributed by atoms with Crippen molar-refractivity contribution in [1.82, 2.24) is 5.32 Å². The third kappa shape index (κ3) is 4.73. The molecule has 2 rings (SSSR count). The second-order valence-electron chi connectivity index (χ2n) is 5.24. The molecule has 120 valence electrons. The fourth-order valence-corrected chi connectivity index (χ4v) is 2.26. The average molecular weight is 305 g/mol. The number of hydrogen-bond acceptors (Lipinski definition) is 3. The highest BCUT2D eigenvalue weighted by molar-refractivity contribution is 5.95. The second-order valence-corrected chi connectivity index (χ2v) is 5.24. The SMILES string of the molecule is CCCCCOCC(=O)Nc1ccc(N2CCNC2=O)cc1. The monoisotopic (exact) mass is 305 g/mol. The maximum Gasteiger partial charge on any atom is 0.321 e. The summed E-state index contributed by atoms with van der Waals surface area (Å²) in [4.78, 5) is 25.0. The molecule has 1 heterocycles. The van der Waals surface area contributed by atoms with Crippen LogP contribution in [0.15, 0.2) is 24.3 Å². The largest absolute Gasteiger partial charge is 0.372 e. The van der Waals surface area contributed by atoms with E-state index < -0.39 is 0 Å². The summed E-state index contributed by atoms with van der Waals surface area (Å²) in [5.41, 5.74) is 1.52. The van der Waals surface area contributed by atoms with Gasteiger partial charge in [0, 0.05) is 31.1 Å². The lowest BCUT2D eigenvalue weighted by atomic mass is 10.2. The predicted octanol–water partition coefficient (Wildman–Crippen LogP) is 2.36. The number of unbranched alkanes of at least 4 members (excludes halogenated alkanes) is 2. The zero-order valence-corrected chi connectivity index (χ0v) is 12.9. The lowest BCUT2D eigenvalue weighted by Crippen LogP contribution is -2.27. The van der Waals surface area contributed by atoms with Crippen LogP contribution in [0.3, 0.4) is 0 Å². The van der Waals surface area contributed by atoms with Gasteiger partial charge in [-0.1, -0.05) is 19.8 Å². The lowest BCUT2D eigenvalue weighted by Gasteiger charge is -2.14. The first-order chi connectivity index (χ1) is 10.7. The van der Waals surface area contributed by atoms with E-state index in [1.807, 2.05) is 12.1 Å². The van der Waals surface area contributed by atoms with Crippen LogP contribution in [0.1, 0.15) is 26.2 Å². The summed E-state index contributed by atoms with van der Waals surface area (Å²) in [6, 6.07) is 7.13. The van der Waals surface area contributed by atoms with E-state index in [9.17, 15) is 9.59 Å². The number of urea groups is 1. The maximum atomic E-state index is 11.7. The molecule has 0 radical (unpaired) electrons. The van der Waals surface area contributed by atoms with E-state index in [0.29, 0.717) is 25.4 Å². The molecule has 1 aromatic carbocycles. The van der Waals surface area contributed by atoms with Crippen molar-refractivity contribution >= 4 is 23.3 Å². The van der Waals surface area contributed by atoms with E-state index in [1.54, 1.807) is 17.0 Å². The molecular formula is C16H23N3O3. The fourth-order valence-electron chi connectivity index (χ4n) is 2.26. The molecule has 6 heteroatoms. The Kier molecular flexibility index (Phi) is 6.21. The molecule has 0 atom stereocenters. The first-order valence-electron chi connectivity index (χ1n) is 7.73. The molecule has 3 amide bonds. The summed E-state index contributed by atoms with van der Waals surface area (Å²) in [7, 11) is 0. The summed E-state index contributed by atoms with van der Waals surface area (Å²) in [5.74, 6) is -0.164. The molecule has 1 aliphatic rings. The van der Waals surface area contributed by atoms with Crippen molar-refractivity contribution in [2.75, 3.05) is 36.5 Å². The molecule has 0 bridgehead atoms. The molecule has 0 spiro atoms. The zero-order chi connectivity index (χ0) is 15.8. The van der Waals surface area contributed by atoms with Crippen LogP contribution in [0.25, 0.3) is 0 Å².